The van der Waals surface area contributed by atoms with Crippen molar-refractivity contribution < 1.29 is 13.2 Å². The number of aryl methyl sites for hydroxylation is 1. The predicted octanol–water partition coefficient (Wildman–Crippen LogP) is 1.48. The highest BCUT2D eigenvalue weighted by atomic mass is 32.2. The lowest BCUT2D eigenvalue weighted by atomic mass is 9.87. The van der Waals surface area contributed by atoms with Crippen LogP contribution in [-0.4, -0.2) is 14.3 Å². The monoisotopic (exact) mass is 296 g/mol. The van der Waals surface area contributed by atoms with Crippen LogP contribution in [0.25, 0.3) is 0 Å². The Morgan fingerprint density at radius 3 is 2.70 bits per heavy atom. The number of benzene rings is 1. The van der Waals surface area contributed by atoms with Crippen molar-refractivity contribution in [2.45, 2.75) is 44.0 Å². The van der Waals surface area contributed by atoms with E-state index in [2.05, 4.69) is 5.32 Å². The van der Waals surface area contributed by atoms with Gasteiger partial charge < -0.3 is 5.32 Å². The summed E-state index contributed by atoms with van der Waals surface area (Å²) in [6, 6.07) is 4.86. The molecule has 1 atom stereocenters. The van der Waals surface area contributed by atoms with E-state index in [0.29, 0.717) is 0 Å². The van der Waals surface area contributed by atoms with Gasteiger partial charge >= 0.3 is 0 Å². The van der Waals surface area contributed by atoms with Crippen molar-refractivity contribution in [2.24, 2.45) is 11.1 Å². The van der Waals surface area contributed by atoms with Crippen molar-refractivity contribution >= 4 is 15.9 Å². The molecule has 2 rings (SSSR count). The molecule has 0 aromatic heterocycles. The average Bonchev–Trinajstić information content (AvgIpc) is 2.37. The second-order valence-electron chi connectivity index (χ2n) is 5.51. The van der Waals surface area contributed by atoms with Gasteiger partial charge in [-0.1, -0.05) is 19.9 Å². The fraction of sp³-hybridized carbons (Fsp3) is 0.500. The van der Waals surface area contributed by atoms with E-state index < -0.39 is 10.0 Å². The number of amides is 1. The number of hydrogen-bond acceptors (Lipinski definition) is 3. The Morgan fingerprint density at radius 2 is 2.10 bits per heavy atom. The molecular formula is C14H20N2O3S. The zero-order valence-electron chi connectivity index (χ0n) is 11.7. The summed E-state index contributed by atoms with van der Waals surface area (Å²) in [5.41, 5.74) is 1.95. The number of nitrogens with one attached hydrogen (secondary N) is 1. The normalized spacial score (nSPS) is 18.7. The van der Waals surface area contributed by atoms with Crippen LogP contribution in [0.4, 0.5) is 0 Å². The first-order valence-corrected chi connectivity index (χ1v) is 8.29. The van der Waals surface area contributed by atoms with E-state index in [0.717, 1.165) is 30.4 Å². The fourth-order valence-corrected chi connectivity index (χ4v) is 3.02. The van der Waals surface area contributed by atoms with Crippen molar-refractivity contribution in [1.29, 1.82) is 0 Å². The molecule has 0 aliphatic heterocycles. The van der Waals surface area contributed by atoms with Crippen LogP contribution in [0, 0.1) is 5.92 Å². The molecule has 0 fully saturated rings. The Kier molecular flexibility index (Phi) is 4.15. The summed E-state index contributed by atoms with van der Waals surface area (Å²) in [6.07, 6.45) is 2.61. The number of carbonyl (C=O) groups is 1. The highest BCUT2D eigenvalue weighted by molar-refractivity contribution is 7.89. The van der Waals surface area contributed by atoms with Crippen LogP contribution in [0.3, 0.4) is 0 Å². The van der Waals surface area contributed by atoms with Crippen LogP contribution in [0.1, 0.15) is 43.9 Å². The standard InChI is InChI=1S/C14H20N2O3S/c1-9(2)14(17)16-13-5-3-4-10-8-11(20(15,18)19)6-7-12(10)13/h6-9,13H,3-5H2,1-2H3,(H,16,17)(H2,15,18,19). The van der Waals surface area contributed by atoms with Gasteiger partial charge in [0, 0.05) is 5.92 Å². The predicted molar refractivity (Wildman–Crippen MR) is 76.5 cm³/mol. The highest BCUT2D eigenvalue weighted by Gasteiger charge is 2.24. The number of carbonyl (C=O) groups excluding carboxylic acids is 1. The number of hydrogen-bond donors (Lipinski definition) is 2. The van der Waals surface area contributed by atoms with Gasteiger partial charge in [0.05, 0.1) is 10.9 Å². The van der Waals surface area contributed by atoms with Crippen molar-refractivity contribution in [3.8, 4) is 0 Å². The highest BCUT2D eigenvalue weighted by Crippen LogP contribution is 2.31. The topological polar surface area (TPSA) is 89.3 Å². The summed E-state index contributed by atoms with van der Waals surface area (Å²) in [5, 5.41) is 8.16. The molecule has 20 heavy (non-hydrogen) atoms. The van der Waals surface area contributed by atoms with Crippen LogP contribution in [0.5, 0.6) is 0 Å². The molecule has 5 nitrogen and oxygen atoms in total. The van der Waals surface area contributed by atoms with E-state index in [1.54, 1.807) is 12.1 Å². The molecule has 110 valence electrons. The van der Waals surface area contributed by atoms with Crippen LogP contribution >= 0.6 is 0 Å². The van der Waals surface area contributed by atoms with Crippen molar-refractivity contribution in [3.63, 3.8) is 0 Å². The van der Waals surface area contributed by atoms with Crippen LogP contribution in [-0.2, 0) is 21.2 Å². The molecule has 1 unspecified atom stereocenters. The smallest absolute Gasteiger partial charge is 0.238 e. The molecule has 6 heteroatoms. The summed E-state index contributed by atoms with van der Waals surface area (Å²) in [6.45, 7) is 3.70. The Balaban J connectivity index is 2.31. The minimum atomic E-state index is -3.68. The maximum Gasteiger partial charge on any atom is 0.238 e. The van der Waals surface area contributed by atoms with Gasteiger partial charge in [-0.2, -0.15) is 0 Å². The summed E-state index contributed by atoms with van der Waals surface area (Å²) >= 11 is 0. The molecule has 0 saturated carbocycles. The molecule has 0 heterocycles. The number of primary sulfonamides is 1. The molecule has 0 saturated heterocycles. The molecule has 1 aliphatic carbocycles. The molecule has 0 bridgehead atoms. The van der Waals surface area contributed by atoms with E-state index in [4.69, 9.17) is 5.14 Å². The van der Waals surface area contributed by atoms with E-state index >= 15 is 0 Å². The fourth-order valence-electron chi connectivity index (χ4n) is 2.46. The van der Waals surface area contributed by atoms with E-state index in [1.807, 2.05) is 13.8 Å². The Morgan fingerprint density at radius 1 is 1.40 bits per heavy atom. The minimum Gasteiger partial charge on any atom is -0.349 e. The molecular weight excluding hydrogens is 276 g/mol. The second-order valence-corrected chi connectivity index (χ2v) is 7.08. The van der Waals surface area contributed by atoms with Crippen molar-refractivity contribution in [1.82, 2.24) is 5.32 Å². The van der Waals surface area contributed by atoms with Gasteiger partial charge in [-0.3, -0.25) is 4.79 Å². The quantitative estimate of drug-likeness (QED) is 0.885. The van der Waals surface area contributed by atoms with Crippen molar-refractivity contribution in [2.75, 3.05) is 0 Å². The first kappa shape index (κ1) is 15.0. The molecule has 1 amide bonds. The third kappa shape index (κ3) is 3.19. The maximum atomic E-state index is 11.8. The van der Waals surface area contributed by atoms with Gasteiger partial charge in [-0.05, 0) is 42.5 Å². The van der Waals surface area contributed by atoms with Gasteiger partial charge in [-0.15, -0.1) is 0 Å². The lowest BCUT2D eigenvalue weighted by molar-refractivity contribution is -0.124. The Hall–Kier alpha value is -1.40. The van der Waals surface area contributed by atoms with Gasteiger partial charge in [0.2, 0.25) is 15.9 Å². The largest absolute Gasteiger partial charge is 0.349 e. The van der Waals surface area contributed by atoms with Crippen LogP contribution in [0.2, 0.25) is 0 Å². The Labute approximate surface area is 119 Å². The van der Waals surface area contributed by atoms with Crippen LogP contribution < -0.4 is 10.5 Å². The second kappa shape index (κ2) is 5.54. The van der Waals surface area contributed by atoms with Crippen LogP contribution in [0.15, 0.2) is 23.1 Å². The number of rotatable bonds is 3. The van der Waals surface area contributed by atoms with Crippen molar-refractivity contribution in [3.05, 3.63) is 29.3 Å². The maximum absolute atomic E-state index is 11.8. The zero-order valence-corrected chi connectivity index (χ0v) is 12.5. The van der Waals surface area contributed by atoms with Gasteiger partial charge in [0.15, 0.2) is 0 Å². The first-order chi connectivity index (χ1) is 9.29. The minimum absolute atomic E-state index is 0.0124. The zero-order chi connectivity index (χ0) is 14.9. The molecule has 0 spiro atoms. The molecule has 1 aromatic carbocycles. The number of fused-ring (bicyclic) bond motifs is 1. The lowest BCUT2D eigenvalue weighted by Crippen LogP contribution is -2.33. The van der Waals surface area contributed by atoms with E-state index in [-0.39, 0.29) is 22.8 Å². The summed E-state index contributed by atoms with van der Waals surface area (Å²) in [4.78, 5) is 12.0. The van der Waals surface area contributed by atoms with Gasteiger partial charge in [0.25, 0.3) is 0 Å². The third-order valence-corrected chi connectivity index (χ3v) is 4.51. The SMILES string of the molecule is CC(C)C(=O)NC1CCCc2cc(S(N)(=O)=O)ccc21. The van der Waals surface area contributed by atoms with Gasteiger partial charge in [-0.25, -0.2) is 13.6 Å². The van der Waals surface area contributed by atoms with E-state index in [1.165, 1.54) is 6.07 Å². The molecule has 1 aromatic rings. The lowest BCUT2D eigenvalue weighted by Gasteiger charge is -2.27. The van der Waals surface area contributed by atoms with E-state index in [9.17, 15) is 13.2 Å². The molecule has 3 N–H and O–H groups in total. The first-order valence-electron chi connectivity index (χ1n) is 6.75. The molecule has 1 aliphatic rings. The molecule has 0 radical (unpaired) electrons. The Bertz CT molecular complexity index is 623. The summed E-state index contributed by atoms with van der Waals surface area (Å²) in [7, 11) is -3.68. The van der Waals surface area contributed by atoms with Gasteiger partial charge in [0.1, 0.15) is 0 Å². The number of sulfonamides is 1. The average molecular weight is 296 g/mol. The summed E-state index contributed by atoms with van der Waals surface area (Å²) < 4.78 is 22.8. The third-order valence-electron chi connectivity index (χ3n) is 3.60. The summed E-state index contributed by atoms with van der Waals surface area (Å²) in [5.74, 6) is -0.0533. The number of nitrogens with two attached hydrogens (primary N) is 1.